The molecule has 0 spiro atoms. The van der Waals surface area contributed by atoms with Crippen molar-refractivity contribution in [2.24, 2.45) is 5.92 Å². The number of allylic oxidation sites excluding steroid dienone is 1. The van der Waals surface area contributed by atoms with E-state index in [4.69, 9.17) is 9.47 Å². The number of alkyl carbamates (subject to hydrolysis) is 1. The zero-order valence-corrected chi connectivity index (χ0v) is 32.8. The second-order valence-corrected chi connectivity index (χ2v) is 16.5. The normalized spacial score (nSPS) is 25.0. The van der Waals surface area contributed by atoms with Gasteiger partial charge in [0.25, 0.3) is 5.56 Å². The van der Waals surface area contributed by atoms with Crippen LogP contribution in [0.15, 0.2) is 80.2 Å². The Balaban J connectivity index is 1.37. The smallest absolute Gasteiger partial charge is 0.408 e. The molecule has 0 bridgehead atoms. The molecule has 3 aliphatic rings. The number of nitrogens with one attached hydrogen (secondary N) is 2. The van der Waals surface area contributed by atoms with Crippen molar-refractivity contribution in [2.75, 3.05) is 13.2 Å². The fourth-order valence-electron chi connectivity index (χ4n) is 6.68. The van der Waals surface area contributed by atoms with E-state index in [0.29, 0.717) is 34.5 Å². The van der Waals surface area contributed by atoms with Crippen molar-refractivity contribution in [3.05, 3.63) is 65.6 Å². The molecule has 1 aliphatic carbocycles. The highest BCUT2D eigenvalue weighted by Gasteiger charge is 2.62. The summed E-state index contributed by atoms with van der Waals surface area (Å²) in [5.41, 5.74) is -2.58. The molecule has 0 radical (unpaired) electrons. The fraction of sp³-hybridized carbons (Fsp3) is 0.514. The number of aromatic nitrogens is 6. The van der Waals surface area contributed by atoms with Crippen LogP contribution in [-0.2, 0) is 23.9 Å². The quantitative estimate of drug-likeness (QED) is 0.188. The largest absolute Gasteiger partial charge is 0.464 e. The number of carbonyl (C=O) groups excluding carboxylic acids is 4. The molecule has 5 atom stereocenters. The van der Waals surface area contributed by atoms with Gasteiger partial charge in [0.05, 0.1) is 28.6 Å². The zero-order valence-electron chi connectivity index (χ0n) is 31.2. The van der Waals surface area contributed by atoms with Crippen LogP contribution in [0.4, 0.5) is 4.79 Å². The predicted octanol–water partition coefficient (Wildman–Crippen LogP) is 4.12. The summed E-state index contributed by atoms with van der Waals surface area (Å²) in [6.07, 6.45) is 14.7. The number of amides is 3. The molecule has 3 amide bonds. The maximum Gasteiger partial charge on any atom is 0.408 e. The van der Waals surface area contributed by atoms with Crippen molar-refractivity contribution >= 4 is 47.4 Å². The van der Waals surface area contributed by atoms with Gasteiger partial charge < -0.3 is 25.0 Å². The number of ether oxygens (including phenoxy) is 2. The average molecular weight is 792 g/mol. The summed E-state index contributed by atoms with van der Waals surface area (Å²) in [4.78, 5) is 89.0. The average Bonchev–Trinajstić information content (AvgIpc) is 3.66. The number of fused-ring (bicyclic) bond motifs is 2. The van der Waals surface area contributed by atoms with Crippen molar-refractivity contribution in [3.63, 3.8) is 0 Å². The molecule has 3 aromatic heterocycles. The van der Waals surface area contributed by atoms with Crippen LogP contribution < -0.4 is 16.2 Å². The predicted molar refractivity (Wildman–Crippen MR) is 201 cm³/mol. The molecule has 1 saturated heterocycles. The lowest BCUT2D eigenvalue weighted by Crippen LogP contribution is -2.56. The van der Waals surface area contributed by atoms with Gasteiger partial charge in [-0.25, -0.2) is 34.2 Å². The lowest BCUT2D eigenvalue weighted by Gasteiger charge is -2.30. The van der Waals surface area contributed by atoms with E-state index in [2.05, 4.69) is 35.7 Å². The third kappa shape index (κ3) is 9.70. The highest BCUT2D eigenvalue weighted by molar-refractivity contribution is 8.02. The van der Waals surface area contributed by atoms with Crippen molar-refractivity contribution in [3.8, 4) is 0 Å². The van der Waals surface area contributed by atoms with Crippen molar-refractivity contribution in [2.45, 2.75) is 122 Å². The molecule has 2 N–H and O–H groups in total. The molecule has 0 unspecified atom stereocenters. The number of esters is 1. The number of hydrogen-bond donors (Lipinski definition) is 2. The van der Waals surface area contributed by atoms with E-state index in [1.807, 2.05) is 12.2 Å². The first kappa shape index (κ1) is 39.8. The van der Waals surface area contributed by atoms with E-state index in [0.717, 1.165) is 42.8 Å². The van der Waals surface area contributed by atoms with Crippen LogP contribution in [-0.4, -0.2) is 94.9 Å². The van der Waals surface area contributed by atoms with Gasteiger partial charge in [-0.1, -0.05) is 25.0 Å². The molecule has 292 valence electrons. The van der Waals surface area contributed by atoms with Crippen molar-refractivity contribution in [1.82, 2.24) is 45.2 Å². The monoisotopic (exact) mass is 791 g/mol. The van der Waals surface area contributed by atoms with Gasteiger partial charge in [0, 0.05) is 43.7 Å². The van der Waals surface area contributed by atoms with E-state index in [-0.39, 0.29) is 30.4 Å². The molecule has 1 saturated carbocycles. The molecular formula is C37H45N9O7S2. The van der Waals surface area contributed by atoms with Crippen LogP contribution in [0.5, 0.6) is 0 Å². The van der Waals surface area contributed by atoms with Gasteiger partial charge >= 0.3 is 12.1 Å². The third-order valence-corrected chi connectivity index (χ3v) is 11.4. The second-order valence-electron chi connectivity index (χ2n) is 14.5. The molecule has 55 heavy (non-hydrogen) atoms. The summed E-state index contributed by atoms with van der Waals surface area (Å²) in [6, 6.07) is 0.458. The van der Waals surface area contributed by atoms with Gasteiger partial charge in [-0.15, -0.1) is 0 Å². The molecule has 18 heteroatoms. The SMILES string of the molecule is CCOC(=O)[C@@]12C[C@H]1/C=C\CCCCC[C@H](NC(=O)OC(C)(C)C)C(=O)N1C[C@H](n3ncc(Sc4ncccn4)c(Sc4ncccn4)c3=O)C[C@H]1C(=O)N2. The van der Waals surface area contributed by atoms with Gasteiger partial charge in [-0.05, 0) is 89.0 Å². The Hall–Kier alpha value is -4.84. The van der Waals surface area contributed by atoms with Crippen molar-refractivity contribution in [1.29, 1.82) is 0 Å². The second kappa shape index (κ2) is 17.3. The topological polar surface area (TPSA) is 200 Å². The van der Waals surface area contributed by atoms with Crippen LogP contribution >= 0.6 is 23.5 Å². The molecule has 16 nitrogen and oxygen atoms in total. The Labute approximate surface area is 327 Å². The van der Waals surface area contributed by atoms with Gasteiger partial charge in [0.2, 0.25) is 11.8 Å². The number of nitrogens with zero attached hydrogens (tertiary/aromatic N) is 7. The first-order valence-corrected chi connectivity index (χ1v) is 20.0. The molecule has 5 heterocycles. The van der Waals surface area contributed by atoms with Gasteiger partial charge in [-0.2, -0.15) is 5.10 Å². The fourth-order valence-corrected chi connectivity index (χ4v) is 8.38. The Morgan fingerprint density at radius 3 is 2.36 bits per heavy atom. The standard InChI is InChI=1S/C37H45N9O7S2/c1-5-52-32(50)37-20-23(37)13-9-7-6-8-10-14-25(43-35(51)53-36(2,3)4)30(48)45-22-24(19-26(45)29(47)44-37)46-31(49)28(55-34-40-17-12-18-41-34)27(21-42-46)54-33-38-15-11-16-39-33/h9,11-13,15-18,21,23-26H,5-8,10,14,19-20,22H2,1-4H3,(H,43,51)(H,44,47)/b13-9-/t23-,24-,25+,26+,37-/m1/s1. The number of rotatable bonds is 8. The molecule has 2 fully saturated rings. The Kier molecular flexibility index (Phi) is 12.5. The maximum atomic E-state index is 14.6. The van der Waals surface area contributed by atoms with Gasteiger partial charge in [0.15, 0.2) is 10.3 Å². The van der Waals surface area contributed by atoms with Crippen LogP contribution in [0.1, 0.15) is 78.7 Å². The van der Waals surface area contributed by atoms with Crippen LogP contribution in [0.2, 0.25) is 0 Å². The first-order chi connectivity index (χ1) is 26.4. The summed E-state index contributed by atoms with van der Waals surface area (Å²) in [7, 11) is 0. The third-order valence-electron chi connectivity index (χ3n) is 9.34. The Bertz CT molecular complexity index is 1960. The molecule has 3 aromatic rings. The molecule has 0 aromatic carbocycles. The van der Waals surface area contributed by atoms with Crippen molar-refractivity contribution < 1.29 is 28.7 Å². The minimum Gasteiger partial charge on any atom is -0.464 e. The highest BCUT2D eigenvalue weighted by Crippen LogP contribution is 2.46. The summed E-state index contributed by atoms with van der Waals surface area (Å²) in [5, 5.41) is 11.0. The molecular weight excluding hydrogens is 747 g/mol. The Morgan fingerprint density at radius 1 is 1.00 bits per heavy atom. The maximum absolute atomic E-state index is 14.6. The van der Waals surface area contributed by atoms with Gasteiger partial charge in [0.1, 0.15) is 23.2 Å². The van der Waals surface area contributed by atoms with Crippen LogP contribution in [0, 0.1) is 5.92 Å². The zero-order chi connectivity index (χ0) is 39.2. The lowest BCUT2D eigenvalue weighted by molar-refractivity contribution is -0.150. The van der Waals surface area contributed by atoms with Crippen LogP contribution in [0.3, 0.4) is 0 Å². The van der Waals surface area contributed by atoms with E-state index >= 15 is 0 Å². The number of hydrogen-bond acceptors (Lipinski definition) is 14. The van der Waals surface area contributed by atoms with E-state index in [1.54, 1.807) is 64.6 Å². The molecule has 6 rings (SSSR count). The molecule has 2 aliphatic heterocycles. The van der Waals surface area contributed by atoms with E-state index in [9.17, 15) is 24.0 Å². The van der Waals surface area contributed by atoms with E-state index in [1.165, 1.54) is 15.8 Å². The van der Waals surface area contributed by atoms with Crippen LogP contribution in [0.25, 0.3) is 0 Å². The minimum absolute atomic E-state index is 0.00325. The Morgan fingerprint density at radius 2 is 1.69 bits per heavy atom. The van der Waals surface area contributed by atoms with Gasteiger partial charge in [-0.3, -0.25) is 14.4 Å². The number of carbonyl (C=O) groups is 4. The summed E-state index contributed by atoms with van der Waals surface area (Å²) >= 11 is 2.21. The summed E-state index contributed by atoms with van der Waals surface area (Å²) in [5.74, 6) is -1.89. The minimum atomic E-state index is -1.28. The first-order valence-electron chi connectivity index (χ1n) is 18.4. The summed E-state index contributed by atoms with van der Waals surface area (Å²) in [6.45, 7) is 6.94. The van der Waals surface area contributed by atoms with E-state index < -0.39 is 58.7 Å². The lowest BCUT2D eigenvalue weighted by atomic mass is 10.0. The highest BCUT2D eigenvalue weighted by atomic mass is 32.2. The summed E-state index contributed by atoms with van der Waals surface area (Å²) < 4.78 is 12.2.